The maximum absolute atomic E-state index is 11.3. The average Bonchev–Trinajstić information content (AvgIpc) is 2.39. The molecule has 2 rings (SSSR count). The molecule has 2 N–H and O–H groups in total. The maximum atomic E-state index is 11.3. The molecule has 0 saturated carbocycles. The Morgan fingerprint density at radius 1 is 1.05 bits per heavy atom. The third kappa shape index (κ3) is 3.19. The Hall–Kier alpha value is -1.71. The number of hydrogen-bond acceptors (Lipinski definition) is 2. The molecule has 19 heavy (non-hydrogen) atoms. The SMILES string of the molecule is O=C(O)c1cccc(C(Cl)Cl)c1Nc1ccccc1. The van der Waals surface area contributed by atoms with Crippen molar-refractivity contribution < 1.29 is 9.90 Å². The molecule has 2 aromatic carbocycles. The van der Waals surface area contributed by atoms with Gasteiger partial charge in [0.25, 0.3) is 0 Å². The lowest BCUT2D eigenvalue weighted by molar-refractivity contribution is 0.0698. The Labute approximate surface area is 120 Å². The van der Waals surface area contributed by atoms with Crippen molar-refractivity contribution in [2.24, 2.45) is 0 Å². The average molecular weight is 296 g/mol. The molecule has 0 fully saturated rings. The largest absolute Gasteiger partial charge is 0.478 e. The van der Waals surface area contributed by atoms with Crippen LogP contribution in [0, 0.1) is 0 Å². The Kier molecular flexibility index (Phi) is 4.30. The lowest BCUT2D eigenvalue weighted by Gasteiger charge is -2.15. The first-order chi connectivity index (χ1) is 9.09. The monoisotopic (exact) mass is 295 g/mol. The number of nitrogens with one attached hydrogen (secondary N) is 1. The standard InChI is InChI=1S/C14H11Cl2NO2/c15-13(16)10-7-4-8-11(14(18)19)12(10)17-9-5-2-1-3-6-9/h1-8,13,17H,(H,18,19). The van der Waals surface area contributed by atoms with Gasteiger partial charge in [0.05, 0.1) is 11.3 Å². The molecular formula is C14H11Cl2NO2. The molecule has 0 aromatic heterocycles. The van der Waals surface area contributed by atoms with Gasteiger partial charge in [0.2, 0.25) is 0 Å². The van der Waals surface area contributed by atoms with Crippen LogP contribution in [0.3, 0.4) is 0 Å². The number of para-hydroxylation sites is 2. The van der Waals surface area contributed by atoms with E-state index in [4.69, 9.17) is 23.2 Å². The van der Waals surface area contributed by atoms with Crippen LogP contribution in [0.1, 0.15) is 20.8 Å². The maximum Gasteiger partial charge on any atom is 0.337 e. The second-order valence-electron chi connectivity index (χ2n) is 3.87. The Balaban J connectivity index is 2.49. The molecular weight excluding hydrogens is 285 g/mol. The lowest BCUT2D eigenvalue weighted by atomic mass is 10.1. The molecule has 2 aromatic rings. The van der Waals surface area contributed by atoms with Gasteiger partial charge in [-0.25, -0.2) is 4.79 Å². The van der Waals surface area contributed by atoms with Gasteiger partial charge in [-0.3, -0.25) is 0 Å². The van der Waals surface area contributed by atoms with Crippen LogP contribution in [0.15, 0.2) is 48.5 Å². The number of hydrogen-bond donors (Lipinski definition) is 2. The first-order valence-corrected chi connectivity index (χ1v) is 6.43. The quantitative estimate of drug-likeness (QED) is 0.810. The molecule has 0 bridgehead atoms. The molecule has 0 unspecified atom stereocenters. The van der Waals surface area contributed by atoms with Crippen molar-refractivity contribution >= 4 is 40.5 Å². The summed E-state index contributed by atoms with van der Waals surface area (Å²) in [5, 5.41) is 12.3. The third-order valence-electron chi connectivity index (χ3n) is 2.61. The van der Waals surface area contributed by atoms with Crippen molar-refractivity contribution in [2.45, 2.75) is 4.84 Å². The summed E-state index contributed by atoms with van der Waals surface area (Å²) >= 11 is 11.8. The van der Waals surface area contributed by atoms with Crippen LogP contribution in [0.25, 0.3) is 0 Å². The molecule has 0 saturated heterocycles. The van der Waals surface area contributed by atoms with Crippen LogP contribution >= 0.6 is 23.2 Å². The highest BCUT2D eigenvalue weighted by Gasteiger charge is 2.17. The topological polar surface area (TPSA) is 49.3 Å². The molecule has 0 aliphatic carbocycles. The van der Waals surface area contributed by atoms with Gasteiger partial charge in [0.1, 0.15) is 4.84 Å². The van der Waals surface area contributed by atoms with Crippen LogP contribution in [0.4, 0.5) is 11.4 Å². The summed E-state index contributed by atoms with van der Waals surface area (Å²) in [5.41, 5.74) is 1.85. The molecule has 0 aliphatic heterocycles. The summed E-state index contributed by atoms with van der Waals surface area (Å²) < 4.78 is 0. The van der Waals surface area contributed by atoms with E-state index in [1.165, 1.54) is 6.07 Å². The van der Waals surface area contributed by atoms with Crippen molar-refractivity contribution in [3.05, 3.63) is 59.7 Å². The number of aromatic carboxylic acids is 1. The molecule has 0 atom stereocenters. The van der Waals surface area contributed by atoms with Crippen molar-refractivity contribution in [3.8, 4) is 0 Å². The molecule has 98 valence electrons. The highest BCUT2D eigenvalue weighted by atomic mass is 35.5. The minimum atomic E-state index is -1.03. The number of benzene rings is 2. The van der Waals surface area contributed by atoms with Gasteiger partial charge in [-0.05, 0) is 18.2 Å². The van der Waals surface area contributed by atoms with Gasteiger partial charge in [-0.2, -0.15) is 0 Å². The van der Waals surface area contributed by atoms with E-state index in [2.05, 4.69) is 5.32 Å². The van der Waals surface area contributed by atoms with E-state index in [0.29, 0.717) is 11.3 Å². The zero-order valence-corrected chi connectivity index (χ0v) is 11.3. The molecule has 0 heterocycles. The summed E-state index contributed by atoms with van der Waals surface area (Å²) in [5.74, 6) is -1.03. The highest BCUT2D eigenvalue weighted by Crippen LogP contribution is 2.35. The summed E-state index contributed by atoms with van der Waals surface area (Å²) in [7, 11) is 0. The summed E-state index contributed by atoms with van der Waals surface area (Å²) in [6.07, 6.45) is 0. The van der Waals surface area contributed by atoms with Gasteiger partial charge in [-0.15, -0.1) is 0 Å². The van der Waals surface area contributed by atoms with E-state index in [-0.39, 0.29) is 5.56 Å². The zero-order valence-electron chi connectivity index (χ0n) is 9.81. The highest BCUT2D eigenvalue weighted by molar-refractivity contribution is 6.44. The van der Waals surface area contributed by atoms with Crippen molar-refractivity contribution in [2.75, 3.05) is 5.32 Å². The predicted octanol–water partition coefficient (Wildman–Crippen LogP) is 4.60. The molecule has 0 spiro atoms. The summed E-state index contributed by atoms with van der Waals surface area (Å²) in [6.45, 7) is 0. The summed E-state index contributed by atoms with van der Waals surface area (Å²) in [6, 6.07) is 14.1. The van der Waals surface area contributed by atoms with Crippen LogP contribution in [-0.2, 0) is 0 Å². The number of carboxylic acids is 1. The van der Waals surface area contributed by atoms with E-state index in [1.54, 1.807) is 12.1 Å². The Bertz CT molecular complexity index is 585. The fourth-order valence-electron chi connectivity index (χ4n) is 1.74. The number of anilines is 2. The second-order valence-corrected chi connectivity index (χ2v) is 4.96. The first kappa shape index (κ1) is 13.7. The Morgan fingerprint density at radius 2 is 1.74 bits per heavy atom. The van der Waals surface area contributed by atoms with Crippen LogP contribution in [0.2, 0.25) is 0 Å². The number of alkyl halides is 2. The van der Waals surface area contributed by atoms with E-state index in [9.17, 15) is 9.90 Å². The van der Waals surface area contributed by atoms with Crippen molar-refractivity contribution in [3.63, 3.8) is 0 Å². The molecule has 3 nitrogen and oxygen atoms in total. The normalized spacial score (nSPS) is 10.5. The van der Waals surface area contributed by atoms with Gasteiger partial charge in [-0.1, -0.05) is 53.5 Å². The molecule has 5 heteroatoms. The number of carbonyl (C=O) groups is 1. The zero-order chi connectivity index (χ0) is 13.8. The first-order valence-electron chi connectivity index (χ1n) is 5.56. The fourth-order valence-corrected chi connectivity index (χ4v) is 2.10. The number of carboxylic acid groups (broad SMARTS) is 1. The van der Waals surface area contributed by atoms with E-state index < -0.39 is 10.8 Å². The summed E-state index contributed by atoms with van der Waals surface area (Å²) in [4.78, 5) is 10.5. The van der Waals surface area contributed by atoms with Gasteiger partial charge in [0, 0.05) is 11.3 Å². The Morgan fingerprint density at radius 3 is 2.32 bits per heavy atom. The second kappa shape index (κ2) is 5.95. The molecule has 0 amide bonds. The van der Waals surface area contributed by atoms with Gasteiger partial charge >= 0.3 is 5.97 Å². The van der Waals surface area contributed by atoms with Gasteiger partial charge < -0.3 is 10.4 Å². The molecule has 0 aliphatic rings. The minimum absolute atomic E-state index is 0.132. The fraction of sp³-hybridized carbons (Fsp3) is 0.0714. The van der Waals surface area contributed by atoms with E-state index in [0.717, 1.165) is 5.69 Å². The van der Waals surface area contributed by atoms with Crippen molar-refractivity contribution in [1.82, 2.24) is 0 Å². The van der Waals surface area contributed by atoms with E-state index in [1.807, 2.05) is 30.3 Å². The number of rotatable bonds is 4. The van der Waals surface area contributed by atoms with Crippen LogP contribution in [-0.4, -0.2) is 11.1 Å². The minimum Gasteiger partial charge on any atom is -0.478 e. The van der Waals surface area contributed by atoms with Crippen molar-refractivity contribution in [1.29, 1.82) is 0 Å². The lowest BCUT2D eigenvalue weighted by Crippen LogP contribution is -2.05. The number of halogens is 2. The van der Waals surface area contributed by atoms with Gasteiger partial charge in [0.15, 0.2) is 0 Å². The third-order valence-corrected chi connectivity index (χ3v) is 3.08. The van der Waals surface area contributed by atoms with Crippen LogP contribution < -0.4 is 5.32 Å². The molecule has 0 radical (unpaired) electrons. The predicted molar refractivity (Wildman–Crippen MR) is 77.6 cm³/mol. The smallest absolute Gasteiger partial charge is 0.337 e. The van der Waals surface area contributed by atoms with Crippen LogP contribution in [0.5, 0.6) is 0 Å². The van der Waals surface area contributed by atoms with E-state index >= 15 is 0 Å².